The van der Waals surface area contributed by atoms with Gasteiger partial charge >= 0.3 is 0 Å². The predicted octanol–water partition coefficient (Wildman–Crippen LogP) is 5.69. The second-order valence-corrected chi connectivity index (χ2v) is 8.62. The average Bonchev–Trinajstić information content (AvgIpc) is 3.38. The van der Waals surface area contributed by atoms with Crippen LogP contribution in [0, 0.1) is 6.92 Å². The van der Waals surface area contributed by atoms with Crippen LogP contribution in [0.25, 0.3) is 16.4 Å². The van der Waals surface area contributed by atoms with E-state index < -0.39 is 0 Å². The van der Waals surface area contributed by atoms with E-state index in [1.807, 2.05) is 41.1 Å². The van der Waals surface area contributed by atoms with E-state index in [0.29, 0.717) is 15.9 Å². The highest BCUT2D eigenvalue weighted by atomic mass is 35.5. The Morgan fingerprint density at radius 3 is 2.55 bits per heavy atom. The van der Waals surface area contributed by atoms with E-state index in [-0.39, 0.29) is 11.7 Å². The number of carbonyl (C=O) groups excluding carboxylic acids is 1. The standard InChI is InChI=1S/C21H17ClN4OS2/c1-14-4-10-17(11-5-14)26-20(18-3-2-12-28-18)24-25-21(26)29-13-19(27)23-16-8-6-15(22)7-9-16/h2-12H,13H2,1H3,(H,23,27). The molecule has 0 unspecified atom stereocenters. The third-order valence-electron chi connectivity index (χ3n) is 4.13. The maximum absolute atomic E-state index is 12.4. The SMILES string of the molecule is Cc1ccc(-n2c(SCC(=O)Nc3ccc(Cl)cc3)nnc2-c2cccs2)cc1. The number of aromatic nitrogens is 3. The second kappa shape index (κ2) is 8.82. The number of hydrogen-bond acceptors (Lipinski definition) is 5. The van der Waals surface area contributed by atoms with Crippen molar-refractivity contribution in [2.45, 2.75) is 12.1 Å². The van der Waals surface area contributed by atoms with Crippen LogP contribution in [0.15, 0.2) is 71.2 Å². The summed E-state index contributed by atoms with van der Waals surface area (Å²) in [5, 5.41) is 14.9. The molecule has 146 valence electrons. The van der Waals surface area contributed by atoms with E-state index >= 15 is 0 Å². The molecule has 0 fully saturated rings. The quantitative estimate of drug-likeness (QED) is 0.391. The topological polar surface area (TPSA) is 59.8 Å². The molecule has 1 amide bonds. The lowest BCUT2D eigenvalue weighted by Crippen LogP contribution is -2.14. The van der Waals surface area contributed by atoms with Crippen molar-refractivity contribution in [2.75, 3.05) is 11.1 Å². The molecule has 4 rings (SSSR count). The lowest BCUT2D eigenvalue weighted by molar-refractivity contribution is -0.113. The van der Waals surface area contributed by atoms with Gasteiger partial charge in [-0.25, -0.2) is 0 Å². The summed E-state index contributed by atoms with van der Waals surface area (Å²) in [5.41, 5.74) is 2.85. The molecule has 5 nitrogen and oxygen atoms in total. The normalized spacial score (nSPS) is 10.8. The van der Waals surface area contributed by atoms with Gasteiger partial charge in [0.1, 0.15) is 0 Å². The Bertz CT molecular complexity index is 1110. The van der Waals surface area contributed by atoms with Crippen molar-refractivity contribution in [1.82, 2.24) is 14.8 Å². The number of thiophene rings is 1. The Labute approximate surface area is 181 Å². The summed E-state index contributed by atoms with van der Waals surface area (Å²) in [6.45, 7) is 2.05. The van der Waals surface area contributed by atoms with Crippen LogP contribution in [0.5, 0.6) is 0 Å². The second-order valence-electron chi connectivity index (χ2n) is 6.30. The molecule has 0 saturated carbocycles. The number of anilines is 1. The molecule has 4 aromatic rings. The van der Waals surface area contributed by atoms with Crippen molar-refractivity contribution in [3.63, 3.8) is 0 Å². The molecule has 0 bridgehead atoms. The Balaban J connectivity index is 1.56. The Morgan fingerprint density at radius 2 is 1.86 bits per heavy atom. The number of aryl methyl sites for hydroxylation is 1. The van der Waals surface area contributed by atoms with Crippen LogP contribution >= 0.6 is 34.7 Å². The molecule has 0 aliphatic rings. The number of nitrogens with zero attached hydrogens (tertiary/aromatic N) is 3. The number of hydrogen-bond donors (Lipinski definition) is 1. The number of nitrogens with one attached hydrogen (secondary N) is 1. The van der Waals surface area contributed by atoms with Gasteiger partial charge in [0.2, 0.25) is 5.91 Å². The number of benzene rings is 2. The Kier molecular flexibility index (Phi) is 5.99. The minimum absolute atomic E-state index is 0.117. The van der Waals surface area contributed by atoms with E-state index in [2.05, 4.69) is 27.6 Å². The van der Waals surface area contributed by atoms with Crippen LogP contribution in [0.2, 0.25) is 5.02 Å². The minimum Gasteiger partial charge on any atom is -0.325 e. The first-order valence-corrected chi connectivity index (χ1v) is 11.1. The number of thioether (sulfide) groups is 1. The zero-order chi connectivity index (χ0) is 20.2. The molecule has 0 radical (unpaired) electrons. The maximum atomic E-state index is 12.4. The lowest BCUT2D eigenvalue weighted by Gasteiger charge is -2.10. The van der Waals surface area contributed by atoms with Gasteiger partial charge in [-0.2, -0.15) is 0 Å². The molecule has 0 aliphatic carbocycles. The monoisotopic (exact) mass is 440 g/mol. The van der Waals surface area contributed by atoms with Crippen LogP contribution in [0.3, 0.4) is 0 Å². The summed E-state index contributed by atoms with van der Waals surface area (Å²) in [4.78, 5) is 13.4. The van der Waals surface area contributed by atoms with Crippen LogP contribution in [0.1, 0.15) is 5.56 Å². The van der Waals surface area contributed by atoms with E-state index in [9.17, 15) is 4.79 Å². The van der Waals surface area contributed by atoms with Gasteiger partial charge in [-0.05, 0) is 54.8 Å². The van der Waals surface area contributed by atoms with Crippen molar-refractivity contribution in [3.05, 3.63) is 76.6 Å². The molecule has 0 aliphatic heterocycles. The summed E-state index contributed by atoms with van der Waals surface area (Å²) in [7, 11) is 0. The number of carbonyl (C=O) groups is 1. The fraction of sp³-hybridized carbons (Fsp3) is 0.0952. The molecule has 0 atom stereocenters. The molecule has 2 aromatic heterocycles. The summed E-state index contributed by atoms with van der Waals surface area (Å²) in [6.07, 6.45) is 0. The van der Waals surface area contributed by atoms with Crippen LogP contribution in [0.4, 0.5) is 5.69 Å². The van der Waals surface area contributed by atoms with Gasteiger partial charge in [0.25, 0.3) is 0 Å². The van der Waals surface area contributed by atoms with Gasteiger partial charge < -0.3 is 5.32 Å². The summed E-state index contributed by atoms with van der Waals surface area (Å²) in [5.74, 6) is 0.870. The van der Waals surface area contributed by atoms with Crippen molar-refractivity contribution in [1.29, 1.82) is 0 Å². The Hall–Kier alpha value is -2.61. The third-order valence-corrected chi connectivity index (χ3v) is 6.17. The molecule has 29 heavy (non-hydrogen) atoms. The third kappa shape index (κ3) is 4.70. The van der Waals surface area contributed by atoms with Crippen molar-refractivity contribution >= 4 is 46.3 Å². The minimum atomic E-state index is -0.117. The van der Waals surface area contributed by atoms with Crippen molar-refractivity contribution < 1.29 is 4.79 Å². The van der Waals surface area contributed by atoms with Crippen molar-refractivity contribution in [2.24, 2.45) is 0 Å². The van der Waals surface area contributed by atoms with Gasteiger partial charge in [-0.15, -0.1) is 21.5 Å². The molecule has 8 heteroatoms. The van der Waals surface area contributed by atoms with Crippen LogP contribution < -0.4 is 5.32 Å². The predicted molar refractivity (Wildman–Crippen MR) is 120 cm³/mol. The lowest BCUT2D eigenvalue weighted by atomic mass is 10.2. The summed E-state index contributed by atoms with van der Waals surface area (Å²) >= 11 is 8.84. The molecular formula is C21H17ClN4OS2. The van der Waals surface area contributed by atoms with Gasteiger partial charge in [-0.1, -0.05) is 47.1 Å². The molecule has 0 spiro atoms. The van der Waals surface area contributed by atoms with Gasteiger partial charge in [0.15, 0.2) is 11.0 Å². The maximum Gasteiger partial charge on any atom is 0.234 e. The number of amides is 1. The van der Waals surface area contributed by atoms with Crippen LogP contribution in [-0.2, 0) is 4.79 Å². The van der Waals surface area contributed by atoms with Gasteiger partial charge in [0, 0.05) is 16.4 Å². The fourth-order valence-corrected chi connectivity index (χ4v) is 4.29. The average molecular weight is 441 g/mol. The highest BCUT2D eigenvalue weighted by Crippen LogP contribution is 2.30. The first-order chi connectivity index (χ1) is 14.1. The largest absolute Gasteiger partial charge is 0.325 e. The van der Waals surface area contributed by atoms with Gasteiger partial charge in [-0.3, -0.25) is 9.36 Å². The fourth-order valence-electron chi connectivity index (χ4n) is 2.72. The van der Waals surface area contributed by atoms with E-state index in [1.54, 1.807) is 35.6 Å². The van der Waals surface area contributed by atoms with Gasteiger partial charge in [0.05, 0.1) is 10.6 Å². The molecule has 1 N–H and O–H groups in total. The molecule has 0 saturated heterocycles. The first kappa shape index (κ1) is 19.7. The highest BCUT2D eigenvalue weighted by Gasteiger charge is 2.18. The molecule has 2 heterocycles. The Morgan fingerprint density at radius 1 is 1.10 bits per heavy atom. The smallest absolute Gasteiger partial charge is 0.234 e. The van der Waals surface area contributed by atoms with E-state index in [0.717, 1.165) is 16.4 Å². The zero-order valence-corrected chi connectivity index (χ0v) is 17.9. The number of rotatable bonds is 6. The van der Waals surface area contributed by atoms with Crippen molar-refractivity contribution in [3.8, 4) is 16.4 Å². The molecular weight excluding hydrogens is 424 g/mol. The zero-order valence-electron chi connectivity index (χ0n) is 15.5. The summed E-state index contributed by atoms with van der Waals surface area (Å²) in [6, 6.07) is 19.2. The van der Waals surface area contributed by atoms with Crippen LogP contribution in [-0.4, -0.2) is 26.4 Å². The first-order valence-electron chi connectivity index (χ1n) is 8.85. The molecule has 2 aromatic carbocycles. The number of halogens is 1. The van der Waals surface area contributed by atoms with E-state index in [1.165, 1.54) is 17.3 Å². The van der Waals surface area contributed by atoms with E-state index in [4.69, 9.17) is 11.6 Å². The summed E-state index contributed by atoms with van der Waals surface area (Å²) < 4.78 is 1.99. The highest BCUT2D eigenvalue weighted by molar-refractivity contribution is 7.99.